The van der Waals surface area contributed by atoms with Crippen LogP contribution in [0.25, 0.3) is 0 Å². The van der Waals surface area contributed by atoms with Crippen molar-refractivity contribution in [2.24, 2.45) is 5.92 Å². The Labute approximate surface area is 108 Å². The van der Waals surface area contributed by atoms with Gasteiger partial charge in [-0.25, -0.2) is 4.98 Å². The van der Waals surface area contributed by atoms with E-state index in [9.17, 15) is 0 Å². The van der Waals surface area contributed by atoms with E-state index in [-0.39, 0.29) is 0 Å². The van der Waals surface area contributed by atoms with E-state index in [2.05, 4.69) is 51.4 Å². The van der Waals surface area contributed by atoms with Gasteiger partial charge in [0, 0.05) is 18.9 Å². The molecule has 0 spiro atoms. The molecule has 2 aromatic rings. The van der Waals surface area contributed by atoms with Gasteiger partial charge in [0.15, 0.2) is 0 Å². The van der Waals surface area contributed by atoms with Crippen LogP contribution in [0, 0.1) is 5.92 Å². The zero-order valence-electron chi connectivity index (χ0n) is 10.5. The summed E-state index contributed by atoms with van der Waals surface area (Å²) in [5.41, 5.74) is 1.32. The van der Waals surface area contributed by atoms with Crippen LogP contribution in [-0.2, 0) is 13.1 Å². The van der Waals surface area contributed by atoms with Gasteiger partial charge in [0.2, 0.25) is 0 Å². The zero-order chi connectivity index (χ0) is 12.2. The average Bonchev–Trinajstić information content (AvgIpc) is 3.12. The summed E-state index contributed by atoms with van der Waals surface area (Å²) in [6, 6.07) is 10.5. The maximum absolute atomic E-state index is 4.43. The van der Waals surface area contributed by atoms with Crippen molar-refractivity contribution in [2.75, 3.05) is 6.54 Å². The molecule has 1 aromatic heterocycles. The number of imidazole rings is 1. The minimum absolute atomic E-state index is 0.871. The van der Waals surface area contributed by atoms with Crippen LogP contribution in [0.5, 0.6) is 0 Å². The maximum atomic E-state index is 4.43. The zero-order valence-corrected chi connectivity index (χ0v) is 10.5. The summed E-state index contributed by atoms with van der Waals surface area (Å²) in [7, 11) is 0. The molecule has 1 fully saturated rings. The molecule has 3 heteroatoms. The van der Waals surface area contributed by atoms with E-state index in [0.717, 1.165) is 31.4 Å². The first-order valence-corrected chi connectivity index (χ1v) is 6.66. The second kappa shape index (κ2) is 5.36. The van der Waals surface area contributed by atoms with Gasteiger partial charge in [-0.1, -0.05) is 30.3 Å². The molecule has 0 atom stereocenters. The summed E-state index contributed by atoms with van der Waals surface area (Å²) in [5.74, 6) is 2.04. The van der Waals surface area contributed by atoms with Crippen molar-refractivity contribution in [3.8, 4) is 0 Å². The van der Waals surface area contributed by atoms with Crippen LogP contribution < -0.4 is 5.32 Å². The predicted octanol–water partition coefficient (Wildman–Crippen LogP) is 2.43. The second-order valence-electron chi connectivity index (χ2n) is 5.03. The molecule has 1 aliphatic rings. The largest absolute Gasteiger partial charge is 0.329 e. The third kappa shape index (κ3) is 2.99. The highest BCUT2D eigenvalue weighted by atomic mass is 15.1. The molecule has 94 valence electrons. The Kier molecular flexibility index (Phi) is 3.42. The molecular weight excluding hydrogens is 222 g/mol. The van der Waals surface area contributed by atoms with Crippen LogP contribution in [-0.4, -0.2) is 16.1 Å². The molecular formula is C15H19N3. The number of aromatic nitrogens is 2. The van der Waals surface area contributed by atoms with E-state index in [0.29, 0.717) is 0 Å². The van der Waals surface area contributed by atoms with Crippen LogP contribution in [0.2, 0.25) is 0 Å². The molecule has 1 N–H and O–H groups in total. The van der Waals surface area contributed by atoms with E-state index in [1.807, 2.05) is 6.20 Å². The van der Waals surface area contributed by atoms with Gasteiger partial charge < -0.3 is 9.88 Å². The molecule has 0 radical (unpaired) electrons. The molecule has 0 saturated heterocycles. The molecule has 1 aliphatic carbocycles. The third-order valence-electron chi connectivity index (χ3n) is 3.41. The SMILES string of the molecule is c1ccc(Cn2ccnc2CNCC2CC2)cc1. The van der Waals surface area contributed by atoms with Gasteiger partial charge in [-0.3, -0.25) is 0 Å². The van der Waals surface area contributed by atoms with Gasteiger partial charge in [-0.05, 0) is 30.9 Å². The Balaban J connectivity index is 1.59. The molecule has 1 aromatic carbocycles. The number of hydrogen-bond donors (Lipinski definition) is 1. The number of hydrogen-bond acceptors (Lipinski definition) is 2. The van der Waals surface area contributed by atoms with Crippen molar-refractivity contribution >= 4 is 0 Å². The Morgan fingerprint density at radius 3 is 2.83 bits per heavy atom. The molecule has 1 saturated carbocycles. The van der Waals surface area contributed by atoms with Gasteiger partial charge in [0.05, 0.1) is 6.54 Å². The highest BCUT2D eigenvalue weighted by molar-refractivity contribution is 5.15. The van der Waals surface area contributed by atoms with Crippen LogP contribution >= 0.6 is 0 Å². The minimum Gasteiger partial charge on any atom is -0.329 e. The van der Waals surface area contributed by atoms with Crippen LogP contribution in [0.15, 0.2) is 42.7 Å². The lowest BCUT2D eigenvalue weighted by atomic mass is 10.2. The smallest absolute Gasteiger partial charge is 0.122 e. The van der Waals surface area contributed by atoms with Crippen LogP contribution in [0.3, 0.4) is 0 Å². The topological polar surface area (TPSA) is 29.9 Å². The normalized spacial score (nSPS) is 14.9. The average molecular weight is 241 g/mol. The summed E-state index contributed by atoms with van der Waals surface area (Å²) in [6.45, 7) is 2.91. The van der Waals surface area contributed by atoms with Gasteiger partial charge in [-0.15, -0.1) is 0 Å². The van der Waals surface area contributed by atoms with Crippen molar-refractivity contribution in [1.29, 1.82) is 0 Å². The van der Waals surface area contributed by atoms with E-state index < -0.39 is 0 Å². The van der Waals surface area contributed by atoms with Crippen molar-refractivity contribution in [2.45, 2.75) is 25.9 Å². The van der Waals surface area contributed by atoms with Gasteiger partial charge >= 0.3 is 0 Å². The molecule has 0 amide bonds. The molecule has 3 nitrogen and oxygen atoms in total. The van der Waals surface area contributed by atoms with E-state index >= 15 is 0 Å². The fourth-order valence-corrected chi connectivity index (χ4v) is 2.14. The molecule has 3 rings (SSSR count). The lowest BCUT2D eigenvalue weighted by Crippen LogP contribution is -2.19. The van der Waals surface area contributed by atoms with Crippen molar-refractivity contribution in [3.63, 3.8) is 0 Å². The predicted molar refractivity (Wildman–Crippen MR) is 72.2 cm³/mol. The number of benzene rings is 1. The molecule has 0 bridgehead atoms. The molecule has 0 aliphatic heterocycles. The summed E-state index contributed by atoms with van der Waals surface area (Å²) in [5, 5.41) is 3.49. The minimum atomic E-state index is 0.871. The number of nitrogens with zero attached hydrogens (tertiary/aromatic N) is 2. The van der Waals surface area contributed by atoms with Crippen molar-refractivity contribution in [1.82, 2.24) is 14.9 Å². The lowest BCUT2D eigenvalue weighted by molar-refractivity contribution is 0.594. The van der Waals surface area contributed by atoms with E-state index in [4.69, 9.17) is 0 Å². The lowest BCUT2D eigenvalue weighted by Gasteiger charge is -2.08. The molecule has 18 heavy (non-hydrogen) atoms. The van der Waals surface area contributed by atoms with Crippen LogP contribution in [0.4, 0.5) is 0 Å². The first kappa shape index (κ1) is 11.5. The summed E-state index contributed by atoms with van der Waals surface area (Å²) >= 11 is 0. The van der Waals surface area contributed by atoms with Crippen molar-refractivity contribution < 1.29 is 0 Å². The highest BCUT2D eigenvalue weighted by Crippen LogP contribution is 2.27. The summed E-state index contributed by atoms with van der Waals surface area (Å²) < 4.78 is 2.22. The number of nitrogens with one attached hydrogen (secondary N) is 1. The summed E-state index contributed by atoms with van der Waals surface area (Å²) in [6.07, 6.45) is 6.73. The Morgan fingerprint density at radius 2 is 2.06 bits per heavy atom. The standard InChI is InChI=1S/C15H19N3/c1-2-4-14(5-3-1)12-18-9-8-17-15(18)11-16-10-13-6-7-13/h1-5,8-9,13,16H,6-7,10-12H2. The fourth-order valence-electron chi connectivity index (χ4n) is 2.14. The first-order chi connectivity index (χ1) is 8.92. The van der Waals surface area contributed by atoms with Gasteiger partial charge in [0.25, 0.3) is 0 Å². The van der Waals surface area contributed by atoms with Gasteiger partial charge in [-0.2, -0.15) is 0 Å². The quantitative estimate of drug-likeness (QED) is 0.841. The van der Waals surface area contributed by atoms with Crippen LogP contribution in [0.1, 0.15) is 24.2 Å². The maximum Gasteiger partial charge on any atom is 0.122 e. The second-order valence-corrected chi connectivity index (χ2v) is 5.03. The molecule has 1 heterocycles. The van der Waals surface area contributed by atoms with Crippen molar-refractivity contribution in [3.05, 3.63) is 54.1 Å². The number of rotatable bonds is 6. The fraction of sp³-hybridized carbons (Fsp3) is 0.400. The van der Waals surface area contributed by atoms with E-state index in [1.165, 1.54) is 18.4 Å². The summed E-state index contributed by atoms with van der Waals surface area (Å²) in [4.78, 5) is 4.43. The van der Waals surface area contributed by atoms with Gasteiger partial charge in [0.1, 0.15) is 5.82 Å². The third-order valence-corrected chi connectivity index (χ3v) is 3.41. The Bertz CT molecular complexity index is 485. The highest BCUT2D eigenvalue weighted by Gasteiger charge is 2.20. The Morgan fingerprint density at radius 1 is 1.22 bits per heavy atom. The molecule has 0 unspecified atom stereocenters. The monoisotopic (exact) mass is 241 g/mol. The van der Waals surface area contributed by atoms with E-state index in [1.54, 1.807) is 0 Å². The first-order valence-electron chi connectivity index (χ1n) is 6.66. The Hall–Kier alpha value is -1.61.